The largest absolute Gasteiger partial charge is 0.448 e. The molecule has 0 saturated carbocycles. The molecule has 2 nitrogen and oxygen atoms in total. The Hall–Kier alpha value is -1.23. The van der Waals surface area contributed by atoms with Gasteiger partial charge in [0.15, 0.2) is 11.6 Å². The van der Waals surface area contributed by atoms with Crippen molar-refractivity contribution in [2.75, 3.05) is 0 Å². The lowest BCUT2D eigenvalue weighted by molar-refractivity contribution is 0.521. The van der Waals surface area contributed by atoms with Crippen LogP contribution in [0.5, 0.6) is 0 Å². The molecule has 58 valence electrons. The SMILES string of the molecule is Cc1nc(C#CC(C)C)co1. The summed E-state index contributed by atoms with van der Waals surface area (Å²) in [6.45, 7) is 5.89. The van der Waals surface area contributed by atoms with Crippen molar-refractivity contribution in [3.05, 3.63) is 17.8 Å². The van der Waals surface area contributed by atoms with Crippen LogP contribution in [0.15, 0.2) is 10.7 Å². The Morgan fingerprint density at radius 3 is 2.73 bits per heavy atom. The number of hydrogen-bond donors (Lipinski definition) is 0. The zero-order valence-electron chi connectivity index (χ0n) is 7.01. The van der Waals surface area contributed by atoms with Crippen LogP contribution < -0.4 is 0 Å². The van der Waals surface area contributed by atoms with Crippen molar-refractivity contribution in [1.82, 2.24) is 4.98 Å². The Labute approximate surface area is 66.6 Å². The molecular formula is C9H11NO. The number of oxazole rings is 1. The minimum atomic E-state index is 0.381. The summed E-state index contributed by atoms with van der Waals surface area (Å²) in [7, 11) is 0. The van der Waals surface area contributed by atoms with Crippen molar-refractivity contribution in [2.45, 2.75) is 20.8 Å². The fourth-order valence-corrected chi connectivity index (χ4v) is 0.639. The lowest BCUT2D eigenvalue weighted by atomic mass is 10.2. The first-order chi connectivity index (χ1) is 5.18. The number of aromatic nitrogens is 1. The predicted molar refractivity (Wildman–Crippen MR) is 43.0 cm³/mol. The van der Waals surface area contributed by atoms with Gasteiger partial charge in [-0.25, -0.2) is 4.98 Å². The van der Waals surface area contributed by atoms with Crippen molar-refractivity contribution in [3.63, 3.8) is 0 Å². The van der Waals surface area contributed by atoms with E-state index in [0.717, 1.165) is 5.69 Å². The van der Waals surface area contributed by atoms with Crippen molar-refractivity contribution < 1.29 is 4.42 Å². The van der Waals surface area contributed by atoms with Crippen LogP contribution in [0.1, 0.15) is 25.4 Å². The van der Waals surface area contributed by atoms with Gasteiger partial charge in [0.2, 0.25) is 0 Å². The van der Waals surface area contributed by atoms with Crippen molar-refractivity contribution in [3.8, 4) is 11.8 Å². The van der Waals surface area contributed by atoms with E-state index in [0.29, 0.717) is 11.8 Å². The first-order valence-electron chi connectivity index (χ1n) is 3.62. The van der Waals surface area contributed by atoms with Gasteiger partial charge in [0.25, 0.3) is 0 Å². The highest BCUT2D eigenvalue weighted by atomic mass is 16.3. The summed E-state index contributed by atoms with van der Waals surface area (Å²) < 4.78 is 4.98. The monoisotopic (exact) mass is 149 g/mol. The van der Waals surface area contributed by atoms with Crippen molar-refractivity contribution >= 4 is 0 Å². The molecule has 0 saturated heterocycles. The molecular weight excluding hydrogens is 138 g/mol. The maximum atomic E-state index is 4.98. The van der Waals surface area contributed by atoms with Crippen LogP contribution in [0.2, 0.25) is 0 Å². The summed E-state index contributed by atoms with van der Waals surface area (Å²) in [5, 5.41) is 0. The molecule has 0 aromatic carbocycles. The summed E-state index contributed by atoms with van der Waals surface area (Å²) in [6.07, 6.45) is 1.57. The van der Waals surface area contributed by atoms with Gasteiger partial charge in [-0.2, -0.15) is 0 Å². The highest BCUT2D eigenvalue weighted by molar-refractivity contribution is 5.24. The maximum Gasteiger partial charge on any atom is 0.192 e. The highest BCUT2D eigenvalue weighted by Gasteiger charge is 1.93. The molecule has 0 aliphatic rings. The van der Waals surface area contributed by atoms with Crippen molar-refractivity contribution in [1.29, 1.82) is 0 Å². The molecule has 2 heteroatoms. The van der Waals surface area contributed by atoms with Gasteiger partial charge in [0.05, 0.1) is 0 Å². The lowest BCUT2D eigenvalue weighted by Crippen LogP contribution is -1.79. The molecule has 1 heterocycles. The van der Waals surface area contributed by atoms with Gasteiger partial charge in [-0.3, -0.25) is 0 Å². The maximum absolute atomic E-state index is 4.98. The number of hydrogen-bond acceptors (Lipinski definition) is 2. The van der Waals surface area contributed by atoms with Crippen LogP contribution in [-0.4, -0.2) is 4.98 Å². The van der Waals surface area contributed by atoms with Crippen LogP contribution in [-0.2, 0) is 0 Å². The lowest BCUT2D eigenvalue weighted by Gasteiger charge is -1.84. The number of aryl methyl sites for hydroxylation is 1. The highest BCUT2D eigenvalue weighted by Crippen LogP contribution is 1.98. The minimum absolute atomic E-state index is 0.381. The summed E-state index contributed by atoms with van der Waals surface area (Å²) in [6, 6.07) is 0. The molecule has 0 spiro atoms. The summed E-state index contributed by atoms with van der Waals surface area (Å²) in [4.78, 5) is 4.04. The average Bonchev–Trinajstić information content (AvgIpc) is 2.31. The van der Waals surface area contributed by atoms with Gasteiger partial charge in [-0.1, -0.05) is 19.8 Å². The molecule has 1 rings (SSSR count). The van der Waals surface area contributed by atoms with Gasteiger partial charge in [0.1, 0.15) is 6.26 Å². The van der Waals surface area contributed by atoms with Crippen LogP contribution in [0.25, 0.3) is 0 Å². The molecule has 0 atom stereocenters. The molecule has 0 amide bonds. The van der Waals surface area contributed by atoms with Crippen LogP contribution in [0.3, 0.4) is 0 Å². The van der Waals surface area contributed by atoms with E-state index in [-0.39, 0.29) is 0 Å². The van der Waals surface area contributed by atoms with Gasteiger partial charge < -0.3 is 4.42 Å². The molecule has 0 radical (unpaired) electrons. The molecule has 0 bridgehead atoms. The predicted octanol–water partition coefficient (Wildman–Crippen LogP) is 1.99. The average molecular weight is 149 g/mol. The normalized spacial score (nSPS) is 9.45. The first kappa shape index (κ1) is 7.87. The fraction of sp³-hybridized carbons (Fsp3) is 0.444. The number of nitrogens with zero attached hydrogens (tertiary/aromatic N) is 1. The Bertz CT molecular complexity index is 288. The molecule has 1 aromatic heterocycles. The Balaban J connectivity index is 2.74. The molecule has 0 aliphatic carbocycles. The number of rotatable bonds is 0. The Kier molecular flexibility index (Phi) is 2.32. The third-order valence-electron chi connectivity index (χ3n) is 1.11. The second kappa shape index (κ2) is 3.25. The molecule has 11 heavy (non-hydrogen) atoms. The smallest absolute Gasteiger partial charge is 0.192 e. The van der Waals surface area contributed by atoms with E-state index in [1.807, 2.05) is 13.8 Å². The van der Waals surface area contributed by atoms with E-state index in [4.69, 9.17) is 4.42 Å². The third-order valence-corrected chi connectivity index (χ3v) is 1.11. The van der Waals surface area contributed by atoms with E-state index in [1.165, 1.54) is 0 Å². The van der Waals surface area contributed by atoms with E-state index < -0.39 is 0 Å². The molecule has 0 unspecified atom stereocenters. The van der Waals surface area contributed by atoms with Crippen LogP contribution in [0, 0.1) is 24.7 Å². The third kappa shape index (κ3) is 2.46. The van der Waals surface area contributed by atoms with Crippen LogP contribution in [0.4, 0.5) is 0 Å². The standard InChI is InChI=1S/C9H11NO/c1-7(2)4-5-9-6-11-8(3)10-9/h6-7H,1-3H3. The topological polar surface area (TPSA) is 26.0 Å². The summed E-state index contributed by atoms with van der Waals surface area (Å²) >= 11 is 0. The summed E-state index contributed by atoms with van der Waals surface area (Å²) in [5.74, 6) is 6.96. The molecule has 0 fully saturated rings. The van der Waals surface area contributed by atoms with E-state index in [2.05, 4.69) is 16.8 Å². The Morgan fingerprint density at radius 2 is 2.27 bits per heavy atom. The van der Waals surface area contributed by atoms with Gasteiger partial charge in [-0.05, 0) is 5.92 Å². The summed E-state index contributed by atoms with van der Waals surface area (Å²) in [5.41, 5.74) is 0.719. The fourth-order valence-electron chi connectivity index (χ4n) is 0.639. The molecule has 1 aromatic rings. The van der Waals surface area contributed by atoms with E-state index in [9.17, 15) is 0 Å². The van der Waals surface area contributed by atoms with Gasteiger partial charge >= 0.3 is 0 Å². The molecule has 0 N–H and O–H groups in total. The van der Waals surface area contributed by atoms with E-state index in [1.54, 1.807) is 13.2 Å². The second-order valence-electron chi connectivity index (χ2n) is 2.68. The zero-order valence-corrected chi connectivity index (χ0v) is 7.01. The quantitative estimate of drug-likeness (QED) is 0.527. The van der Waals surface area contributed by atoms with Gasteiger partial charge in [0, 0.05) is 12.8 Å². The van der Waals surface area contributed by atoms with Crippen LogP contribution >= 0.6 is 0 Å². The van der Waals surface area contributed by atoms with E-state index >= 15 is 0 Å². The zero-order chi connectivity index (χ0) is 8.27. The Morgan fingerprint density at radius 1 is 1.55 bits per heavy atom. The van der Waals surface area contributed by atoms with Gasteiger partial charge in [-0.15, -0.1) is 0 Å². The second-order valence-corrected chi connectivity index (χ2v) is 2.68. The minimum Gasteiger partial charge on any atom is -0.448 e. The molecule has 0 aliphatic heterocycles. The first-order valence-corrected chi connectivity index (χ1v) is 3.62. The van der Waals surface area contributed by atoms with Crippen molar-refractivity contribution in [2.24, 2.45) is 5.92 Å².